The largest absolute Gasteiger partial charge is 0.353 e. The van der Waals surface area contributed by atoms with Crippen LogP contribution in [0.15, 0.2) is 16.8 Å². The predicted octanol–water partition coefficient (Wildman–Crippen LogP) is 2.05. The SMILES string of the molecule is CC(C)C(=O)N1CCC(NC(=O)Cc2ccsc2)CC1. The zero-order valence-corrected chi connectivity index (χ0v) is 12.9. The van der Waals surface area contributed by atoms with Crippen molar-refractivity contribution >= 4 is 23.2 Å². The molecule has 0 radical (unpaired) electrons. The van der Waals surface area contributed by atoms with Gasteiger partial charge in [0.25, 0.3) is 0 Å². The number of nitrogens with zero attached hydrogens (tertiary/aromatic N) is 1. The highest BCUT2D eigenvalue weighted by molar-refractivity contribution is 7.07. The van der Waals surface area contributed by atoms with Gasteiger partial charge in [-0.25, -0.2) is 0 Å². The van der Waals surface area contributed by atoms with Crippen LogP contribution < -0.4 is 5.32 Å². The molecule has 0 spiro atoms. The highest BCUT2D eigenvalue weighted by Gasteiger charge is 2.24. The van der Waals surface area contributed by atoms with E-state index in [0.717, 1.165) is 31.5 Å². The van der Waals surface area contributed by atoms with Gasteiger partial charge in [0, 0.05) is 25.0 Å². The predicted molar refractivity (Wildman–Crippen MR) is 80.6 cm³/mol. The Morgan fingerprint density at radius 3 is 2.65 bits per heavy atom. The molecule has 1 N–H and O–H groups in total. The molecule has 0 aliphatic carbocycles. The van der Waals surface area contributed by atoms with Gasteiger partial charge in [0.1, 0.15) is 0 Å². The van der Waals surface area contributed by atoms with Crippen molar-refractivity contribution < 1.29 is 9.59 Å². The van der Waals surface area contributed by atoms with Crippen molar-refractivity contribution in [3.05, 3.63) is 22.4 Å². The molecule has 2 amide bonds. The first kappa shape index (κ1) is 15.0. The summed E-state index contributed by atoms with van der Waals surface area (Å²) in [6.45, 7) is 5.36. The molecular formula is C15H22N2O2S. The van der Waals surface area contributed by atoms with Crippen LogP contribution in [0.1, 0.15) is 32.3 Å². The van der Waals surface area contributed by atoms with Gasteiger partial charge in [0.05, 0.1) is 6.42 Å². The van der Waals surface area contributed by atoms with Crippen molar-refractivity contribution in [1.29, 1.82) is 0 Å². The molecule has 4 nitrogen and oxygen atoms in total. The van der Waals surface area contributed by atoms with Crippen LogP contribution in [0.5, 0.6) is 0 Å². The lowest BCUT2D eigenvalue weighted by atomic mass is 10.0. The average Bonchev–Trinajstić information content (AvgIpc) is 2.91. The van der Waals surface area contributed by atoms with Crippen molar-refractivity contribution in [1.82, 2.24) is 10.2 Å². The van der Waals surface area contributed by atoms with Gasteiger partial charge in [-0.2, -0.15) is 11.3 Å². The minimum Gasteiger partial charge on any atom is -0.353 e. The van der Waals surface area contributed by atoms with Gasteiger partial charge in [-0.05, 0) is 35.2 Å². The standard InChI is InChI=1S/C15H22N2O2S/c1-11(2)15(19)17-6-3-13(4-7-17)16-14(18)9-12-5-8-20-10-12/h5,8,10-11,13H,3-4,6-7,9H2,1-2H3,(H,16,18). The molecule has 2 heterocycles. The number of hydrogen-bond acceptors (Lipinski definition) is 3. The van der Waals surface area contributed by atoms with E-state index in [1.165, 1.54) is 0 Å². The molecule has 0 aromatic carbocycles. The number of carbonyl (C=O) groups excluding carboxylic acids is 2. The lowest BCUT2D eigenvalue weighted by Gasteiger charge is -2.33. The van der Waals surface area contributed by atoms with Crippen molar-refractivity contribution in [3.8, 4) is 0 Å². The van der Waals surface area contributed by atoms with E-state index in [4.69, 9.17) is 0 Å². The van der Waals surface area contributed by atoms with E-state index in [1.807, 2.05) is 35.6 Å². The second-order valence-electron chi connectivity index (χ2n) is 5.63. The minimum absolute atomic E-state index is 0.0553. The number of hydrogen-bond donors (Lipinski definition) is 1. The third kappa shape index (κ3) is 4.07. The van der Waals surface area contributed by atoms with E-state index < -0.39 is 0 Å². The van der Waals surface area contributed by atoms with Crippen LogP contribution in [0.4, 0.5) is 0 Å². The van der Waals surface area contributed by atoms with Crippen LogP contribution in [0.3, 0.4) is 0 Å². The molecule has 5 heteroatoms. The summed E-state index contributed by atoms with van der Waals surface area (Å²) in [5.74, 6) is 0.352. The number of thiophene rings is 1. The normalized spacial score (nSPS) is 16.4. The van der Waals surface area contributed by atoms with Gasteiger partial charge < -0.3 is 10.2 Å². The van der Waals surface area contributed by atoms with Crippen LogP contribution in [0, 0.1) is 5.92 Å². The molecule has 1 aromatic heterocycles. The summed E-state index contributed by atoms with van der Waals surface area (Å²) in [7, 11) is 0. The molecule has 110 valence electrons. The third-order valence-electron chi connectivity index (χ3n) is 3.61. The Bertz CT molecular complexity index is 448. The Balaban J connectivity index is 1.74. The summed E-state index contributed by atoms with van der Waals surface area (Å²) in [5, 5.41) is 7.06. The van der Waals surface area contributed by atoms with E-state index in [2.05, 4.69) is 5.32 Å². The summed E-state index contributed by atoms with van der Waals surface area (Å²) in [6.07, 6.45) is 2.16. The summed E-state index contributed by atoms with van der Waals surface area (Å²) in [6, 6.07) is 2.19. The first-order valence-electron chi connectivity index (χ1n) is 7.15. The van der Waals surface area contributed by atoms with Gasteiger partial charge in [0.2, 0.25) is 11.8 Å². The Hall–Kier alpha value is -1.36. The smallest absolute Gasteiger partial charge is 0.225 e. The van der Waals surface area contributed by atoms with Crippen LogP contribution in [-0.2, 0) is 16.0 Å². The monoisotopic (exact) mass is 294 g/mol. The Labute approximate surface area is 124 Å². The number of likely N-dealkylation sites (tertiary alicyclic amines) is 1. The molecule has 1 saturated heterocycles. The second kappa shape index (κ2) is 6.88. The van der Waals surface area contributed by atoms with E-state index >= 15 is 0 Å². The third-order valence-corrected chi connectivity index (χ3v) is 4.34. The number of nitrogens with one attached hydrogen (secondary N) is 1. The molecule has 1 aliphatic rings. The van der Waals surface area contributed by atoms with Gasteiger partial charge in [0.15, 0.2) is 0 Å². The zero-order chi connectivity index (χ0) is 14.5. The summed E-state index contributed by atoms with van der Waals surface area (Å²) >= 11 is 1.61. The molecule has 1 fully saturated rings. The fraction of sp³-hybridized carbons (Fsp3) is 0.600. The van der Waals surface area contributed by atoms with Gasteiger partial charge in [-0.3, -0.25) is 9.59 Å². The second-order valence-corrected chi connectivity index (χ2v) is 6.41. The maximum atomic E-state index is 11.9. The molecule has 0 atom stereocenters. The topological polar surface area (TPSA) is 49.4 Å². The van der Waals surface area contributed by atoms with E-state index in [0.29, 0.717) is 6.42 Å². The van der Waals surface area contributed by atoms with Gasteiger partial charge >= 0.3 is 0 Å². The van der Waals surface area contributed by atoms with E-state index in [9.17, 15) is 9.59 Å². The van der Waals surface area contributed by atoms with Gasteiger partial charge in [-0.1, -0.05) is 13.8 Å². The summed E-state index contributed by atoms with van der Waals surface area (Å²) in [5.41, 5.74) is 1.07. The number of rotatable bonds is 4. The Kier molecular flexibility index (Phi) is 5.17. The van der Waals surface area contributed by atoms with Crippen LogP contribution in [-0.4, -0.2) is 35.8 Å². The minimum atomic E-state index is 0.0553. The highest BCUT2D eigenvalue weighted by Crippen LogP contribution is 2.14. The average molecular weight is 294 g/mol. The van der Waals surface area contributed by atoms with Crippen molar-refractivity contribution in [2.75, 3.05) is 13.1 Å². The molecule has 1 aromatic rings. The number of carbonyl (C=O) groups is 2. The lowest BCUT2D eigenvalue weighted by molar-refractivity contribution is -0.135. The molecule has 2 rings (SSSR count). The number of piperidine rings is 1. The first-order valence-corrected chi connectivity index (χ1v) is 8.09. The molecule has 0 unspecified atom stereocenters. The maximum absolute atomic E-state index is 11.9. The van der Waals surface area contributed by atoms with Crippen LogP contribution in [0.2, 0.25) is 0 Å². The van der Waals surface area contributed by atoms with E-state index in [1.54, 1.807) is 11.3 Å². The summed E-state index contributed by atoms with van der Waals surface area (Å²) in [4.78, 5) is 25.7. The fourth-order valence-corrected chi connectivity index (χ4v) is 3.14. The molecule has 1 aliphatic heterocycles. The highest BCUT2D eigenvalue weighted by atomic mass is 32.1. The Morgan fingerprint density at radius 1 is 1.40 bits per heavy atom. The van der Waals surface area contributed by atoms with E-state index in [-0.39, 0.29) is 23.8 Å². The van der Waals surface area contributed by atoms with Crippen molar-refractivity contribution in [2.45, 2.75) is 39.2 Å². The quantitative estimate of drug-likeness (QED) is 0.924. The summed E-state index contributed by atoms with van der Waals surface area (Å²) < 4.78 is 0. The van der Waals surface area contributed by atoms with Crippen molar-refractivity contribution in [2.24, 2.45) is 5.92 Å². The molecule has 20 heavy (non-hydrogen) atoms. The van der Waals surface area contributed by atoms with Crippen LogP contribution >= 0.6 is 11.3 Å². The first-order chi connectivity index (χ1) is 9.56. The van der Waals surface area contributed by atoms with Gasteiger partial charge in [-0.15, -0.1) is 0 Å². The van der Waals surface area contributed by atoms with Crippen LogP contribution in [0.25, 0.3) is 0 Å². The zero-order valence-electron chi connectivity index (χ0n) is 12.1. The maximum Gasteiger partial charge on any atom is 0.225 e. The molecule has 0 bridgehead atoms. The number of amides is 2. The van der Waals surface area contributed by atoms with Crippen molar-refractivity contribution in [3.63, 3.8) is 0 Å². The molecular weight excluding hydrogens is 272 g/mol. The lowest BCUT2D eigenvalue weighted by Crippen LogP contribution is -2.47. The Morgan fingerprint density at radius 2 is 2.10 bits per heavy atom. The molecule has 0 saturated carbocycles. The fourth-order valence-electron chi connectivity index (χ4n) is 2.47.